The van der Waals surface area contributed by atoms with Gasteiger partial charge in [-0.3, -0.25) is 0 Å². The number of nitrogens with zero attached hydrogens (tertiary/aromatic N) is 1. The predicted molar refractivity (Wildman–Crippen MR) is 85.8 cm³/mol. The van der Waals surface area contributed by atoms with E-state index in [0.29, 0.717) is 0 Å². The van der Waals surface area contributed by atoms with E-state index >= 15 is 0 Å². The molecular weight excluding hydrogens is 329 g/mol. The Morgan fingerprint density at radius 1 is 0.850 bits per heavy atom. The van der Waals surface area contributed by atoms with Crippen molar-refractivity contribution in [2.24, 2.45) is 0 Å². The maximum atomic E-state index is 5.80. The summed E-state index contributed by atoms with van der Waals surface area (Å²) >= 11 is -0.616. The Morgan fingerprint density at radius 3 is 1.70 bits per heavy atom. The Kier molecular flexibility index (Phi) is 10.9. The largest absolute Gasteiger partial charge is 0.147 e. The van der Waals surface area contributed by atoms with Gasteiger partial charge < -0.3 is 0 Å². The minimum Gasteiger partial charge on any atom is -0.147 e. The van der Waals surface area contributed by atoms with Gasteiger partial charge in [-0.15, -0.1) is 24.8 Å². The first-order valence-electron chi connectivity index (χ1n) is 6.19. The summed E-state index contributed by atoms with van der Waals surface area (Å²) in [4.78, 5) is 0. The Hall–Kier alpha value is -0.506. The molecule has 5 heteroatoms. The van der Waals surface area contributed by atoms with Gasteiger partial charge in [0, 0.05) is 0 Å². The number of para-hydroxylation sites is 2. The fourth-order valence-electron chi connectivity index (χ4n) is 1.62. The molecule has 0 radical (unpaired) electrons. The van der Waals surface area contributed by atoms with Crippen LogP contribution in [0.5, 0.6) is 0 Å². The zero-order valence-electron chi connectivity index (χ0n) is 11.4. The molecule has 20 heavy (non-hydrogen) atoms. The smallest absolute Gasteiger partial charge is 0.147 e. The number of hydrogen-bond acceptors (Lipinski definition) is 2. The van der Waals surface area contributed by atoms with E-state index in [1.54, 1.807) is 0 Å². The summed E-state index contributed by atoms with van der Waals surface area (Å²) in [6.45, 7) is 2.98. The maximum Gasteiger partial charge on any atom is -0.147 e. The second-order valence-electron chi connectivity index (χ2n) is 3.95. The van der Waals surface area contributed by atoms with Crippen LogP contribution >= 0.6 is 24.8 Å². The van der Waals surface area contributed by atoms with Crippen molar-refractivity contribution < 1.29 is 23.1 Å². The average molecular weight is 348 g/mol. The molecular formula is C15H19Cl2NOTi. The van der Waals surface area contributed by atoms with Crippen LogP contribution in [0.4, 0.5) is 11.4 Å². The van der Waals surface area contributed by atoms with Gasteiger partial charge in [0.05, 0.1) is 0 Å². The molecule has 2 nitrogen and oxygen atoms in total. The molecule has 2 aromatic rings. The standard InChI is InChI=1S/C12H10N.C3H7O.2ClH.Ti/c1-3-7-11(8-4-1)13-12-9-5-2-6-10-12;1-2-3-4;;;/h1-10H;2-3H2,1H3;2*1H;/q2*-1;;;+2. The van der Waals surface area contributed by atoms with Gasteiger partial charge in [-0.25, -0.2) is 0 Å². The van der Waals surface area contributed by atoms with Crippen molar-refractivity contribution in [2.75, 3.05) is 9.99 Å². The van der Waals surface area contributed by atoms with Crippen molar-refractivity contribution in [3.63, 3.8) is 0 Å². The summed E-state index contributed by atoms with van der Waals surface area (Å²) in [5.74, 6) is 0. The van der Waals surface area contributed by atoms with Gasteiger partial charge >= 0.3 is 118 Å². The van der Waals surface area contributed by atoms with E-state index in [4.69, 9.17) is 3.32 Å². The van der Waals surface area contributed by atoms with Gasteiger partial charge in [-0.1, -0.05) is 0 Å². The van der Waals surface area contributed by atoms with E-state index in [9.17, 15) is 0 Å². The fraction of sp³-hybridized carbons (Fsp3) is 0.200. The van der Waals surface area contributed by atoms with E-state index in [0.717, 1.165) is 13.0 Å². The first kappa shape index (κ1) is 19.5. The molecule has 2 rings (SSSR count). The Balaban J connectivity index is 0.00000180. The number of anilines is 2. The second-order valence-corrected chi connectivity index (χ2v) is 5.38. The van der Waals surface area contributed by atoms with E-state index in [-0.39, 0.29) is 24.8 Å². The first-order valence-corrected chi connectivity index (χ1v) is 7.53. The van der Waals surface area contributed by atoms with Crippen molar-refractivity contribution in [3.8, 4) is 0 Å². The maximum absolute atomic E-state index is 5.80. The third-order valence-corrected chi connectivity index (χ3v) is 4.10. The van der Waals surface area contributed by atoms with Crippen LogP contribution in [0.15, 0.2) is 60.7 Å². The molecule has 0 amide bonds. The van der Waals surface area contributed by atoms with Gasteiger partial charge in [0.25, 0.3) is 0 Å². The molecule has 108 valence electrons. The zero-order chi connectivity index (χ0) is 12.6. The molecule has 0 saturated carbocycles. The molecule has 0 spiro atoms. The molecule has 0 aromatic heterocycles. The van der Waals surface area contributed by atoms with Gasteiger partial charge in [-0.2, -0.15) is 0 Å². The second kappa shape index (κ2) is 11.2. The number of halogens is 2. The monoisotopic (exact) mass is 347 g/mol. The van der Waals surface area contributed by atoms with Crippen molar-refractivity contribution in [1.82, 2.24) is 0 Å². The Morgan fingerprint density at radius 2 is 1.30 bits per heavy atom. The van der Waals surface area contributed by atoms with Gasteiger partial charge in [-0.05, 0) is 0 Å². The SMILES string of the molecule is CCC[O][Ti][N](c1ccccc1)c1ccccc1.Cl.Cl. The van der Waals surface area contributed by atoms with E-state index < -0.39 is 19.8 Å². The molecule has 0 heterocycles. The molecule has 0 bridgehead atoms. The number of rotatable bonds is 6. The van der Waals surface area contributed by atoms with Crippen LogP contribution in [0.3, 0.4) is 0 Å². The summed E-state index contributed by atoms with van der Waals surface area (Å²) in [6, 6.07) is 20.9. The third-order valence-electron chi connectivity index (χ3n) is 2.49. The van der Waals surface area contributed by atoms with Crippen LogP contribution in [0.25, 0.3) is 0 Å². The van der Waals surface area contributed by atoms with Crippen molar-refractivity contribution in [1.29, 1.82) is 0 Å². The summed E-state index contributed by atoms with van der Waals surface area (Å²) in [5, 5.41) is 0. The molecule has 0 aliphatic heterocycles. The van der Waals surface area contributed by atoms with Crippen LogP contribution in [0, 0.1) is 0 Å². The first-order chi connectivity index (χ1) is 8.92. The van der Waals surface area contributed by atoms with Crippen LogP contribution in [0.1, 0.15) is 13.3 Å². The van der Waals surface area contributed by atoms with Gasteiger partial charge in [0.15, 0.2) is 0 Å². The van der Waals surface area contributed by atoms with Crippen molar-refractivity contribution >= 4 is 36.2 Å². The minimum atomic E-state index is -0.616. The third kappa shape index (κ3) is 5.86. The average Bonchev–Trinajstić information content (AvgIpc) is 2.46. The summed E-state index contributed by atoms with van der Waals surface area (Å²) in [5.41, 5.74) is 2.42. The number of hydrogen-bond donors (Lipinski definition) is 0. The summed E-state index contributed by atoms with van der Waals surface area (Å²) in [6.07, 6.45) is 1.07. The quantitative estimate of drug-likeness (QED) is 0.538. The molecule has 0 aliphatic rings. The minimum absolute atomic E-state index is 0. The van der Waals surface area contributed by atoms with Crippen LogP contribution < -0.4 is 3.38 Å². The normalized spacial score (nSPS) is 9.05. The van der Waals surface area contributed by atoms with E-state index in [2.05, 4.69) is 58.8 Å². The summed E-state index contributed by atoms with van der Waals surface area (Å²) < 4.78 is 8.11. The Bertz CT molecular complexity index is 416. The topological polar surface area (TPSA) is 12.5 Å². The molecule has 0 atom stereocenters. The number of benzene rings is 2. The predicted octanol–water partition coefficient (Wildman–Crippen LogP) is 5.01. The molecule has 2 aromatic carbocycles. The molecule has 0 aliphatic carbocycles. The molecule has 0 unspecified atom stereocenters. The van der Waals surface area contributed by atoms with Crippen LogP contribution in [-0.2, 0) is 23.1 Å². The fourth-order valence-corrected chi connectivity index (χ4v) is 3.08. The molecule has 0 saturated heterocycles. The van der Waals surface area contributed by atoms with Gasteiger partial charge in [0.2, 0.25) is 0 Å². The van der Waals surface area contributed by atoms with Gasteiger partial charge in [0.1, 0.15) is 0 Å². The summed E-state index contributed by atoms with van der Waals surface area (Å²) in [7, 11) is 0. The Labute approximate surface area is 143 Å². The van der Waals surface area contributed by atoms with Crippen LogP contribution in [-0.4, -0.2) is 6.61 Å². The van der Waals surface area contributed by atoms with Crippen LogP contribution in [0.2, 0.25) is 0 Å². The zero-order valence-corrected chi connectivity index (χ0v) is 14.6. The molecule has 0 fully saturated rings. The van der Waals surface area contributed by atoms with Crippen molar-refractivity contribution in [3.05, 3.63) is 60.7 Å². The van der Waals surface area contributed by atoms with Crippen molar-refractivity contribution in [2.45, 2.75) is 13.3 Å². The molecule has 0 N–H and O–H groups in total. The van der Waals surface area contributed by atoms with E-state index in [1.165, 1.54) is 11.4 Å². The van der Waals surface area contributed by atoms with E-state index in [1.807, 2.05) is 12.1 Å².